The average Bonchev–Trinajstić information content (AvgIpc) is 3.20. The first-order chi connectivity index (χ1) is 14.6. The molecule has 1 aromatic carbocycles. The van der Waals surface area contributed by atoms with E-state index in [1.807, 2.05) is 31.2 Å². The molecule has 8 nitrogen and oxygen atoms in total. The summed E-state index contributed by atoms with van der Waals surface area (Å²) in [5.74, 6) is 1.48. The van der Waals surface area contributed by atoms with Gasteiger partial charge in [-0.3, -0.25) is 4.21 Å². The van der Waals surface area contributed by atoms with Gasteiger partial charge in [-0.15, -0.1) is 0 Å². The molecule has 0 saturated carbocycles. The highest BCUT2D eigenvalue weighted by Gasteiger charge is 2.29. The molecular formula is C21H26N4O4S. The fourth-order valence-electron chi connectivity index (χ4n) is 3.87. The number of aromatic nitrogens is 2. The van der Waals surface area contributed by atoms with Crippen LogP contribution in [-0.2, 0) is 22.0 Å². The Morgan fingerprint density at radius 3 is 2.57 bits per heavy atom. The topological polar surface area (TPSA) is 84.9 Å². The summed E-state index contributed by atoms with van der Waals surface area (Å²) in [6.45, 7) is 4.23. The Balaban J connectivity index is 1.44. The maximum atomic E-state index is 11.9. The third-order valence-corrected chi connectivity index (χ3v) is 6.39. The number of amides is 1. The zero-order valence-corrected chi connectivity index (χ0v) is 18.1. The predicted molar refractivity (Wildman–Crippen MR) is 114 cm³/mol. The fraction of sp³-hybridized carbons (Fsp3) is 0.476. The van der Waals surface area contributed by atoms with Crippen molar-refractivity contribution in [2.24, 2.45) is 0 Å². The summed E-state index contributed by atoms with van der Waals surface area (Å²) >= 11 is 0. The van der Waals surface area contributed by atoms with Gasteiger partial charge in [0.1, 0.15) is 18.2 Å². The van der Waals surface area contributed by atoms with E-state index >= 15 is 0 Å². The van der Waals surface area contributed by atoms with Crippen LogP contribution in [0.15, 0.2) is 35.5 Å². The minimum absolute atomic E-state index is 0.0162. The van der Waals surface area contributed by atoms with Crippen LogP contribution in [0.25, 0.3) is 0 Å². The lowest BCUT2D eigenvalue weighted by atomic mass is 10.1. The molecule has 1 unspecified atom stereocenters. The molecule has 2 aromatic rings. The molecule has 9 heteroatoms. The molecule has 2 aliphatic rings. The minimum Gasteiger partial charge on any atom is -0.474 e. The molecule has 0 spiro atoms. The smallest absolute Gasteiger partial charge is 0.409 e. The second-order valence-corrected chi connectivity index (χ2v) is 8.71. The van der Waals surface area contributed by atoms with E-state index < -0.39 is 10.8 Å². The van der Waals surface area contributed by atoms with Gasteiger partial charge in [-0.1, -0.05) is 0 Å². The Hall–Kier alpha value is -2.68. The van der Waals surface area contributed by atoms with Crippen LogP contribution in [-0.4, -0.2) is 63.8 Å². The Labute approximate surface area is 178 Å². The van der Waals surface area contributed by atoms with Gasteiger partial charge in [0, 0.05) is 60.1 Å². The first-order valence-corrected chi connectivity index (χ1v) is 11.8. The second-order valence-electron chi connectivity index (χ2n) is 7.33. The Morgan fingerprint density at radius 2 is 1.90 bits per heavy atom. The lowest BCUT2D eigenvalue weighted by molar-refractivity contribution is 0.0685. The fourth-order valence-corrected chi connectivity index (χ4v) is 4.39. The number of carbonyl (C=O) groups is 1. The van der Waals surface area contributed by atoms with Crippen molar-refractivity contribution in [2.75, 3.05) is 37.4 Å². The highest BCUT2D eigenvalue weighted by Crippen LogP contribution is 2.37. The number of benzene rings is 1. The Morgan fingerprint density at radius 1 is 1.17 bits per heavy atom. The lowest BCUT2D eigenvalue weighted by Gasteiger charge is -2.31. The van der Waals surface area contributed by atoms with E-state index in [-0.39, 0.29) is 12.2 Å². The second kappa shape index (κ2) is 8.99. The summed E-state index contributed by atoms with van der Waals surface area (Å²) in [5, 5.41) is 0. The summed E-state index contributed by atoms with van der Waals surface area (Å²) in [4.78, 5) is 25.4. The van der Waals surface area contributed by atoms with E-state index in [1.54, 1.807) is 11.2 Å². The standard InChI is InChI=1S/C21H26N4O4S/c1-3-28-21(26)24-11-8-16(9-12-24)29-20-18-10-13-25(19(18)22-14-23-20)15-4-6-17(7-5-15)30(2)27/h4-7,14,16H,3,8-13H2,1-2H3. The van der Waals surface area contributed by atoms with Gasteiger partial charge in [-0.2, -0.15) is 0 Å². The third kappa shape index (κ3) is 4.26. The van der Waals surface area contributed by atoms with E-state index in [1.165, 1.54) is 6.33 Å². The quantitative estimate of drug-likeness (QED) is 0.721. The van der Waals surface area contributed by atoms with Crippen LogP contribution >= 0.6 is 0 Å². The van der Waals surface area contributed by atoms with Crippen LogP contribution in [0.4, 0.5) is 16.3 Å². The van der Waals surface area contributed by atoms with Gasteiger partial charge in [0.2, 0.25) is 5.88 Å². The van der Waals surface area contributed by atoms with E-state index in [9.17, 15) is 9.00 Å². The Kier molecular flexibility index (Phi) is 6.17. The largest absolute Gasteiger partial charge is 0.474 e. The lowest BCUT2D eigenvalue weighted by Crippen LogP contribution is -2.42. The molecule has 4 rings (SSSR count). The number of piperidine rings is 1. The third-order valence-electron chi connectivity index (χ3n) is 5.45. The summed E-state index contributed by atoms with van der Waals surface area (Å²) < 4.78 is 22.9. The van der Waals surface area contributed by atoms with Gasteiger partial charge < -0.3 is 19.3 Å². The molecule has 160 valence electrons. The summed E-state index contributed by atoms with van der Waals surface area (Å²) in [7, 11) is -0.996. The number of fused-ring (bicyclic) bond motifs is 1. The van der Waals surface area contributed by atoms with Crippen LogP contribution in [0.3, 0.4) is 0 Å². The first-order valence-electron chi connectivity index (χ1n) is 10.2. The van der Waals surface area contributed by atoms with Crippen molar-refractivity contribution in [3.05, 3.63) is 36.2 Å². The monoisotopic (exact) mass is 430 g/mol. The van der Waals surface area contributed by atoms with Crippen LogP contribution in [0, 0.1) is 0 Å². The first kappa shape index (κ1) is 20.6. The Bertz CT molecular complexity index is 929. The highest BCUT2D eigenvalue weighted by atomic mass is 32.2. The van der Waals surface area contributed by atoms with Crippen molar-refractivity contribution in [1.82, 2.24) is 14.9 Å². The number of likely N-dealkylation sites (tertiary alicyclic amines) is 1. The van der Waals surface area contributed by atoms with Gasteiger partial charge in [0.15, 0.2) is 0 Å². The van der Waals surface area contributed by atoms with Crippen molar-refractivity contribution in [2.45, 2.75) is 37.2 Å². The molecule has 0 radical (unpaired) electrons. The maximum Gasteiger partial charge on any atom is 0.409 e. The van der Waals surface area contributed by atoms with Gasteiger partial charge in [0.25, 0.3) is 0 Å². The molecule has 3 heterocycles. The van der Waals surface area contributed by atoms with Crippen LogP contribution < -0.4 is 9.64 Å². The van der Waals surface area contributed by atoms with E-state index in [4.69, 9.17) is 9.47 Å². The average molecular weight is 431 g/mol. The molecule has 1 atom stereocenters. The van der Waals surface area contributed by atoms with Crippen molar-refractivity contribution >= 4 is 28.4 Å². The van der Waals surface area contributed by atoms with Gasteiger partial charge in [0.05, 0.1) is 12.2 Å². The molecule has 0 bridgehead atoms. The molecule has 30 heavy (non-hydrogen) atoms. The van der Waals surface area contributed by atoms with Crippen molar-refractivity contribution in [1.29, 1.82) is 0 Å². The van der Waals surface area contributed by atoms with Crippen molar-refractivity contribution in [3.63, 3.8) is 0 Å². The number of hydrogen-bond donors (Lipinski definition) is 0. The maximum absolute atomic E-state index is 11.9. The van der Waals surface area contributed by atoms with Crippen LogP contribution in [0.5, 0.6) is 5.88 Å². The molecule has 1 amide bonds. The van der Waals surface area contributed by atoms with Crippen molar-refractivity contribution in [3.8, 4) is 5.88 Å². The van der Waals surface area contributed by atoms with E-state index in [2.05, 4.69) is 14.9 Å². The zero-order valence-electron chi connectivity index (χ0n) is 17.2. The highest BCUT2D eigenvalue weighted by molar-refractivity contribution is 7.84. The number of hydrogen-bond acceptors (Lipinski definition) is 7. The number of nitrogens with zero attached hydrogens (tertiary/aromatic N) is 4. The predicted octanol–water partition coefficient (Wildman–Crippen LogP) is 2.91. The van der Waals surface area contributed by atoms with Crippen molar-refractivity contribution < 1.29 is 18.5 Å². The van der Waals surface area contributed by atoms with Crippen LogP contribution in [0.1, 0.15) is 25.3 Å². The van der Waals surface area contributed by atoms with Gasteiger partial charge in [-0.25, -0.2) is 14.8 Å². The SMILES string of the molecule is CCOC(=O)N1CCC(Oc2ncnc3c2CCN3c2ccc(S(C)=O)cc2)CC1. The van der Waals surface area contributed by atoms with E-state index in [0.29, 0.717) is 25.6 Å². The van der Waals surface area contributed by atoms with Crippen LogP contribution in [0.2, 0.25) is 0 Å². The number of ether oxygens (including phenoxy) is 2. The molecule has 0 aliphatic carbocycles. The van der Waals surface area contributed by atoms with Gasteiger partial charge in [-0.05, 0) is 37.6 Å². The van der Waals surface area contributed by atoms with Gasteiger partial charge >= 0.3 is 6.09 Å². The number of anilines is 2. The molecule has 1 fully saturated rings. The molecular weight excluding hydrogens is 404 g/mol. The molecule has 2 aliphatic heterocycles. The number of carbonyl (C=O) groups excluding carboxylic acids is 1. The molecule has 1 aromatic heterocycles. The summed E-state index contributed by atoms with van der Waals surface area (Å²) in [6, 6.07) is 7.72. The normalized spacial score (nSPS) is 17.5. The van der Waals surface area contributed by atoms with E-state index in [0.717, 1.165) is 47.8 Å². The summed E-state index contributed by atoms with van der Waals surface area (Å²) in [5.41, 5.74) is 2.02. The molecule has 0 N–H and O–H groups in total. The minimum atomic E-state index is -0.996. The zero-order chi connectivity index (χ0) is 21.1. The number of rotatable bonds is 5. The molecule has 1 saturated heterocycles. The summed E-state index contributed by atoms with van der Waals surface area (Å²) in [6.07, 6.45) is 5.27.